The van der Waals surface area contributed by atoms with Gasteiger partial charge in [0.2, 0.25) is 0 Å². The molecular weight excluding hydrogens is 314 g/mol. The molecule has 0 amide bonds. The van der Waals surface area contributed by atoms with E-state index in [2.05, 4.69) is 20.9 Å². The molecule has 0 aliphatic rings. The molecule has 0 fully saturated rings. The fourth-order valence-corrected chi connectivity index (χ4v) is 1.70. The van der Waals surface area contributed by atoms with Crippen molar-refractivity contribution in [2.75, 3.05) is 0 Å². The molecule has 0 spiro atoms. The van der Waals surface area contributed by atoms with Crippen molar-refractivity contribution in [2.24, 2.45) is 0 Å². The molecular formula is C12H6BrF4N. The van der Waals surface area contributed by atoms with Gasteiger partial charge in [-0.05, 0) is 34.1 Å². The van der Waals surface area contributed by atoms with Gasteiger partial charge in [-0.1, -0.05) is 12.1 Å². The van der Waals surface area contributed by atoms with E-state index < -0.39 is 17.6 Å². The Morgan fingerprint density at radius 2 is 1.78 bits per heavy atom. The van der Waals surface area contributed by atoms with Crippen LogP contribution in [-0.2, 0) is 6.18 Å². The van der Waals surface area contributed by atoms with Crippen LogP contribution in [0.25, 0.3) is 11.1 Å². The Labute approximate surface area is 109 Å². The first kappa shape index (κ1) is 13.0. The number of hydrogen-bond donors (Lipinski definition) is 0. The Kier molecular flexibility index (Phi) is 3.38. The minimum absolute atomic E-state index is 0.0861. The Hall–Kier alpha value is -1.43. The van der Waals surface area contributed by atoms with Crippen molar-refractivity contribution >= 4 is 15.9 Å². The lowest BCUT2D eigenvalue weighted by molar-refractivity contribution is -0.137. The highest BCUT2D eigenvalue weighted by molar-refractivity contribution is 9.10. The predicted octanol–water partition coefficient (Wildman–Crippen LogP) is 4.67. The highest BCUT2D eigenvalue weighted by Crippen LogP contribution is 2.32. The first-order valence-corrected chi connectivity index (χ1v) is 5.66. The summed E-state index contributed by atoms with van der Waals surface area (Å²) in [6.07, 6.45) is -3.16. The van der Waals surface area contributed by atoms with Crippen molar-refractivity contribution in [3.63, 3.8) is 0 Å². The molecule has 6 heteroatoms. The average molecular weight is 320 g/mol. The molecule has 2 rings (SSSR count). The second-order valence-corrected chi connectivity index (χ2v) is 4.37. The third-order valence-corrected chi connectivity index (χ3v) is 2.80. The van der Waals surface area contributed by atoms with Crippen molar-refractivity contribution in [3.05, 3.63) is 52.5 Å². The number of aromatic nitrogens is 1. The van der Waals surface area contributed by atoms with Gasteiger partial charge in [0.25, 0.3) is 0 Å². The molecule has 18 heavy (non-hydrogen) atoms. The Morgan fingerprint density at radius 1 is 1.06 bits per heavy atom. The summed E-state index contributed by atoms with van der Waals surface area (Å²) in [5.74, 6) is -0.922. The summed E-state index contributed by atoms with van der Waals surface area (Å²) in [5.41, 5.74) is -0.499. The van der Waals surface area contributed by atoms with Gasteiger partial charge in [-0.3, -0.25) is 0 Å². The summed E-state index contributed by atoms with van der Waals surface area (Å²) in [7, 11) is 0. The third-order valence-electron chi connectivity index (χ3n) is 2.33. The summed E-state index contributed by atoms with van der Waals surface area (Å²) in [6.45, 7) is 0. The van der Waals surface area contributed by atoms with Gasteiger partial charge in [-0.15, -0.1) is 0 Å². The molecule has 0 N–H and O–H groups in total. The molecule has 0 radical (unpaired) electrons. The monoisotopic (exact) mass is 319 g/mol. The van der Waals surface area contributed by atoms with Gasteiger partial charge in [0.05, 0.1) is 5.56 Å². The zero-order valence-electron chi connectivity index (χ0n) is 8.80. The maximum Gasteiger partial charge on any atom is 0.416 e. The first-order valence-electron chi connectivity index (χ1n) is 4.86. The highest BCUT2D eigenvalue weighted by Gasteiger charge is 2.31. The van der Waals surface area contributed by atoms with E-state index in [0.29, 0.717) is 16.2 Å². The molecule has 0 saturated carbocycles. The molecule has 0 atom stereocenters. The fourth-order valence-electron chi connectivity index (χ4n) is 1.46. The van der Waals surface area contributed by atoms with Crippen LogP contribution in [0.15, 0.2) is 41.1 Å². The van der Waals surface area contributed by atoms with E-state index in [1.54, 1.807) is 12.1 Å². The van der Waals surface area contributed by atoms with Gasteiger partial charge >= 0.3 is 6.18 Å². The van der Waals surface area contributed by atoms with E-state index in [4.69, 9.17) is 0 Å². The largest absolute Gasteiger partial charge is 0.416 e. The van der Waals surface area contributed by atoms with Gasteiger partial charge in [-0.25, -0.2) is 9.37 Å². The zero-order chi connectivity index (χ0) is 13.3. The topological polar surface area (TPSA) is 12.9 Å². The molecule has 1 heterocycles. The maximum absolute atomic E-state index is 13.6. The molecule has 0 saturated heterocycles. The van der Waals surface area contributed by atoms with Crippen LogP contribution < -0.4 is 0 Å². The highest BCUT2D eigenvalue weighted by atomic mass is 79.9. The third kappa shape index (κ3) is 2.69. The van der Waals surface area contributed by atoms with Gasteiger partial charge < -0.3 is 0 Å². The summed E-state index contributed by atoms with van der Waals surface area (Å²) >= 11 is 3.12. The second-order valence-electron chi connectivity index (χ2n) is 3.56. The molecule has 1 nitrogen and oxygen atoms in total. The number of alkyl halides is 3. The van der Waals surface area contributed by atoms with Crippen LogP contribution in [0.2, 0.25) is 0 Å². The minimum Gasteiger partial charge on any atom is -0.249 e. The van der Waals surface area contributed by atoms with E-state index in [1.807, 2.05) is 0 Å². The first-order chi connectivity index (χ1) is 8.38. The van der Waals surface area contributed by atoms with Gasteiger partial charge in [0.1, 0.15) is 10.4 Å². The number of benzene rings is 1. The average Bonchev–Trinajstić information content (AvgIpc) is 2.29. The number of nitrogens with zero attached hydrogens (tertiary/aromatic N) is 1. The van der Waals surface area contributed by atoms with Crippen LogP contribution in [0.3, 0.4) is 0 Å². The van der Waals surface area contributed by atoms with E-state index in [1.165, 1.54) is 6.20 Å². The van der Waals surface area contributed by atoms with Crippen LogP contribution in [0.5, 0.6) is 0 Å². The van der Waals surface area contributed by atoms with E-state index in [-0.39, 0.29) is 5.56 Å². The van der Waals surface area contributed by atoms with Gasteiger partial charge in [0, 0.05) is 17.3 Å². The molecule has 1 aromatic carbocycles. The van der Waals surface area contributed by atoms with Crippen molar-refractivity contribution < 1.29 is 17.6 Å². The minimum atomic E-state index is -4.54. The molecule has 0 aliphatic carbocycles. The van der Waals surface area contributed by atoms with Crippen LogP contribution in [-0.4, -0.2) is 4.98 Å². The molecule has 0 aliphatic heterocycles. The standard InChI is InChI=1S/C12H6BrF4N/c13-11-4-1-7(6-18-11)9-3-2-8(5-10(9)14)12(15,16)17/h1-6H. The molecule has 1 aromatic heterocycles. The molecule has 2 aromatic rings. The van der Waals surface area contributed by atoms with Gasteiger partial charge in [0.15, 0.2) is 0 Å². The van der Waals surface area contributed by atoms with Crippen molar-refractivity contribution in [1.29, 1.82) is 0 Å². The Balaban J connectivity index is 2.45. The normalized spacial score (nSPS) is 11.6. The van der Waals surface area contributed by atoms with Crippen molar-refractivity contribution in [3.8, 4) is 11.1 Å². The summed E-state index contributed by atoms with van der Waals surface area (Å²) in [5, 5.41) is 0. The lowest BCUT2D eigenvalue weighted by Gasteiger charge is -2.09. The van der Waals surface area contributed by atoms with Crippen LogP contribution >= 0.6 is 15.9 Å². The van der Waals surface area contributed by atoms with E-state index in [9.17, 15) is 17.6 Å². The van der Waals surface area contributed by atoms with Crippen LogP contribution in [0, 0.1) is 5.82 Å². The molecule has 94 valence electrons. The number of hydrogen-bond acceptors (Lipinski definition) is 1. The Bertz CT molecular complexity index is 563. The molecule has 0 unspecified atom stereocenters. The van der Waals surface area contributed by atoms with Crippen LogP contribution in [0.1, 0.15) is 5.56 Å². The molecule has 0 bridgehead atoms. The van der Waals surface area contributed by atoms with Crippen molar-refractivity contribution in [2.45, 2.75) is 6.18 Å². The van der Waals surface area contributed by atoms with Crippen LogP contribution in [0.4, 0.5) is 17.6 Å². The smallest absolute Gasteiger partial charge is 0.249 e. The van der Waals surface area contributed by atoms with E-state index in [0.717, 1.165) is 12.1 Å². The fraction of sp³-hybridized carbons (Fsp3) is 0.0833. The quantitative estimate of drug-likeness (QED) is 0.550. The summed E-state index contributed by atoms with van der Waals surface area (Å²) < 4.78 is 51.3. The summed E-state index contributed by atoms with van der Waals surface area (Å²) in [4.78, 5) is 3.90. The van der Waals surface area contributed by atoms with Crippen molar-refractivity contribution in [1.82, 2.24) is 4.98 Å². The second kappa shape index (κ2) is 4.68. The lowest BCUT2D eigenvalue weighted by atomic mass is 10.0. The SMILES string of the molecule is Fc1cc(C(F)(F)F)ccc1-c1ccc(Br)nc1. The van der Waals surface area contributed by atoms with Gasteiger partial charge in [-0.2, -0.15) is 13.2 Å². The zero-order valence-corrected chi connectivity index (χ0v) is 10.4. The Morgan fingerprint density at radius 3 is 2.28 bits per heavy atom. The lowest BCUT2D eigenvalue weighted by Crippen LogP contribution is -2.05. The number of halogens is 5. The number of pyridine rings is 1. The number of rotatable bonds is 1. The predicted molar refractivity (Wildman–Crippen MR) is 62.3 cm³/mol. The maximum atomic E-state index is 13.6. The van der Waals surface area contributed by atoms with E-state index >= 15 is 0 Å². The summed E-state index contributed by atoms with van der Waals surface area (Å²) in [6, 6.07) is 5.59.